The molecule has 2 rings (SSSR count). The van der Waals surface area contributed by atoms with Crippen molar-refractivity contribution in [1.82, 2.24) is 10.6 Å². The summed E-state index contributed by atoms with van der Waals surface area (Å²) in [5.74, 6) is 0.731. The largest absolute Gasteiger partial charge is 0.495 e. The first-order valence-electron chi connectivity index (χ1n) is 6.48. The summed E-state index contributed by atoms with van der Waals surface area (Å²) < 4.78 is 5.18. The molecule has 0 amide bonds. The van der Waals surface area contributed by atoms with Crippen LogP contribution in [0.1, 0.15) is 30.9 Å². The zero-order valence-electron chi connectivity index (χ0n) is 11.0. The second kappa shape index (κ2) is 6.41. The van der Waals surface area contributed by atoms with E-state index in [2.05, 4.69) is 16.7 Å². The van der Waals surface area contributed by atoms with Gasteiger partial charge in [-0.2, -0.15) is 0 Å². The Labute approximate surface area is 114 Å². The molecule has 0 radical (unpaired) electrons. The number of rotatable bonds is 5. The van der Waals surface area contributed by atoms with Gasteiger partial charge in [-0.15, -0.1) is 0 Å². The van der Waals surface area contributed by atoms with Gasteiger partial charge >= 0.3 is 0 Å². The maximum Gasteiger partial charge on any atom is 0.137 e. The molecule has 4 heteroatoms. The molecule has 1 aliphatic heterocycles. The first kappa shape index (κ1) is 13.7. The van der Waals surface area contributed by atoms with E-state index in [1.54, 1.807) is 7.11 Å². The third-order valence-electron chi connectivity index (χ3n) is 3.61. The monoisotopic (exact) mass is 268 g/mol. The predicted molar refractivity (Wildman–Crippen MR) is 75.4 cm³/mol. The van der Waals surface area contributed by atoms with Crippen molar-refractivity contribution in [2.45, 2.75) is 31.3 Å². The summed E-state index contributed by atoms with van der Waals surface area (Å²) in [5, 5.41) is 7.58. The van der Waals surface area contributed by atoms with E-state index in [9.17, 15) is 0 Å². The molecule has 0 spiro atoms. The van der Waals surface area contributed by atoms with Crippen molar-refractivity contribution in [2.75, 3.05) is 20.7 Å². The first-order valence-corrected chi connectivity index (χ1v) is 6.86. The van der Waals surface area contributed by atoms with Crippen LogP contribution in [0.5, 0.6) is 5.75 Å². The number of halogens is 1. The maximum atomic E-state index is 6.18. The number of hydrogen-bond donors (Lipinski definition) is 2. The van der Waals surface area contributed by atoms with Crippen LogP contribution in [-0.4, -0.2) is 26.7 Å². The van der Waals surface area contributed by atoms with Crippen LogP contribution in [-0.2, 0) is 0 Å². The van der Waals surface area contributed by atoms with Gasteiger partial charge < -0.3 is 15.4 Å². The molecule has 3 nitrogen and oxygen atoms in total. The summed E-state index contributed by atoms with van der Waals surface area (Å²) >= 11 is 6.18. The van der Waals surface area contributed by atoms with E-state index in [1.807, 2.05) is 19.2 Å². The van der Waals surface area contributed by atoms with Gasteiger partial charge in [0.25, 0.3) is 0 Å². The van der Waals surface area contributed by atoms with Crippen LogP contribution in [0.2, 0.25) is 5.02 Å². The van der Waals surface area contributed by atoms with E-state index < -0.39 is 0 Å². The fraction of sp³-hybridized carbons (Fsp3) is 0.571. The molecule has 1 fully saturated rings. The van der Waals surface area contributed by atoms with E-state index >= 15 is 0 Å². The highest BCUT2D eigenvalue weighted by molar-refractivity contribution is 6.32. The maximum absolute atomic E-state index is 6.18. The van der Waals surface area contributed by atoms with Crippen LogP contribution >= 0.6 is 11.6 Å². The van der Waals surface area contributed by atoms with Crippen molar-refractivity contribution >= 4 is 11.6 Å². The summed E-state index contributed by atoms with van der Waals surface area (Å²) in [6.45, 7) is 1.14. The number of benzene rings is 1. The van der Waals surface area contributed by atoms with Gasteiger partial charge in [0.05, 0.1) is 12.1 Å². The highest BCUT2D eigenvalue weighted by Crippen LogP contribution is 2.29. The number of ether oxygens (including phenoxy) is 1. The van der Waals surface area contributed by atoms with Gasteiger partial charge in [0.2, 0.25) is 0 Å². The van der Waals surface area contributed by atoms with Gasteiger partial charge in [0, 0.05) is 12.1 Å². The molecule has 0 bridgehead atoms. The van der Waals surface area contributed by atoms with Gasteiger partial charge in [-0.25, -0.2) is 0 Å². The molecule has 0 saturated carbocycles. The van der Waals surface area contributed by atoms with Crippen molar-refractivity contribution in [1.29, 1.82) is 0 Å². The van der Waals surface area contributed by atoms with Crippen LogP contribution in [0, 0.1) is 0 Å². The van der Waals surface area contributed by atoms with E-state index in [-0.39, 0.29) is 0 Å². The highest BCUT2D eigenvalue weighted by atomic mass is 35.5. The lowest BCUT2D eigenvalue weighted by molar-refractivity contribution is 0.413. The minimum Gasteiger partial charge on any atom is -0.495 e. The fourth-order valence-electron chi connectivity index (χ4n) is 2.56. The third kappa shape index (κ3) is 3.16. The van der Waals surface area contributed by atoms with Crippen LogP contribution in [0.15, 0.2) is 18.2 Å². The van der Waals surface area contributed by atoms with E-state index in [0.717, 1.165) is 18.7 Å². The number of hydrogen-bond acceptors (Lipinski definition) is 3. The lowest BCUT2D eigenvalue weighted by Gasteiger charge is -2.21. The molecule has 18 heavy (non-hydrogen) atoms. The first-order chi connectivity index (χ1) is 8.74. The van der Waals surface area contributed by atoms with E-state index in [1.165, 1.54) is 18.4 Å². The number of methoxy groups -OCH3 is 1. The quantitative estimate of drug-likeness (QED) is 0.862. The van der Waals surface area contributed by atoms with Crippen molar-refractivity contribution in [3.8, 4) is 5.75 Å². The molecular formula is C14H21ClN2O. The van der Waals surface area contributed by atoms with Crippen LogP contribution in [0.3, 0.4) is 0 Å². The Balaban J connectivity index is 2.08. The average molecular weight is 269 g/mol. The van der Waals surface area contributed by atoms with Gasteiger partial charge in [0.15, 0.2) is 0 Å². The van der Waals surface area contributed by atoms with Crippen LogP contribution in [0.25, 0.3) is 0 Å². The van der Waals surface area contributed by atoms with E-state index in [4.69, 9.17) is 16.3 Å². The summed E-state index contributed by atoms with van der Waals surface area (Å²) in [7, 11) is 3.64. The molecule has 0 aliphatic carbocycles. The normalized spacial score (nSPS) is 20.9. The zero-order valence-corrected chi connectivity index (χ0v) is 11.8. The Morgan fingerprint density at radius 1 is 1.56 bits per heavy atom. The Morgan fingerprint density at radius 2 is 2.39 bits per heavy atom. The lowest BCUT2D eigenvalue weighted by atomic mass is 9.98. The van der Waals surface area contributed by atoms with Crippen molar-refractivity contribution in [2.24, 2.45) is 0 Å². The summed E-state index contributed by atoms with van der Waals surface area (Å²) in [6, 6.07) is 6.97. The standard InChI is InChI=1S/C14H21ClN2O/c1-16-13(9-11-4-3-7-17-11)10-5-6-14(18-2)12(15)8-10/h5-6,8,11,13,16-17H,3-4,7,9H2,1-2H3. The molecule has 1 heterocycles. The number of nitrogens with one attached hydrogen (secondary N) is 2. The predicted octanol–water partition coefficient (Wildman–Crippen LogP) is 2.75. The SMILES string of the molecule is CNC(CC1CCCN1)c1ccc(OC)c(Cl)c1. The average Bonchev–Trinajstić information content (AvgIpc) is 2.88. The van der Waals surface area contributed by atoms with Crippen molar-refractivity contribution in [3.63, 3.8) is 0 Å². The fourth-order valence-corrected chi connectivity index (χ4v) is 2.83. The smallest absolute Gasteiger partial charge is 0.137 e. The van der Waals surface area contributed by atoms with Crippen molar-refractivity contribution in [3.05, 3.63) is 28.8 Å². The molecule has 0 aromatic heterocycles. The Bertz CT molecular complexity index is 391. The summed E-state index contributed by atoms with van der Waals surface area (Å²) in [6.07, 6.45) is 3.64. The molecule has 2 unspecified atom stereocenters. The van der Waals surface area contributed by atoms with Gasteiger partial charge in [-0.3, -0.25) is 0 Å². The van der Waals surface area contributed by atoms with E-state index in [0.29, 0.717) is 17.1 Å². The molecule has 100 valence electrons. The molecule has 2 N–H and O–H groups in total. The van der Waals surface area contributed by atoms with Crippen LogP contribution < -0.4 is 15.4 Å². The minimum atomic E-state index is 0.337. The topological polar surface area (TPSA) is 33.3 Å². The molecule has 1 aromatic carbocycles. The third-order valence-corrected chi connectivity index (χ3v) is 3.90. The van der Waals surface area contributed by atoms with Crippen molar-refractivity contribution < 1.29 is 4.74 Å². The molecule has 1 saturated heterocycles. The Kier molecular flexibility index (Phi) is 4.87. The van der Waals surface area contributed by atoms with Gasteiger partial charge in [-0.05, 0) is 50.6 Å². The molecule has 1 aromatic rings. The van der Waals surface area contributed by atoms with Gasteiger partial charge in [0.1, 0.15) is 5.75 Å². The second-order valence-corrected chi connectivity index (χ2v) is 5.17. The Morgan fingerprint density at radius 3 is 2.94 bits per heavy atom. The molecule has 2 atom stereocenters. The summed E-state index contributed by atoms with van der Waals surface area (Å²) in [4.78, 5) is 0. The zero-order chi connectivity index (χ0) is 13.0. The minimum absolute atomic E-state index is 0.337. The Hall–Kier alpha value is -0.770. The van der Waals surface area contributed by atoms with Crippen LogP contribution in [0.4, 0.5) is 0 Å². The van der Waals surface area contributed by atoms with Gasteiger partial charge in [-0.1, -0.05) is 17.7 Å². The summed E-state index contributed by atoms with van der Waals surface area (Å²) in [5.41, 5.74) is 1.22. The second-order valence-electron chi connectivity index (χ2n) is 4.76. The molecule has 1 aliphatic rings. The highest BCUT2D eigenvalue weighted by Gasteiger charge is 2.20. The lowest BCUT2D eigenvalue weighted by Crippen LogP contribution is -2.28. The molecular weight excluding hydrogens is 248 g/mol.